The molecule has 4 rings (SSSR count). The summed E-state index contributed by atoms with van der Waals surface area (Å²) in [5.41, 5.74) is 1.05. The van der Waals surface area contributed by atoms with E-state index in [2.05, 4.69) is 18.0 Å². The molecule has 0 saturated heterocycles. The molecule has 2 aromatic rings. The molecule has 0 radical (unpaired) electrons. The molecule has 0 aliphatic heterocycles. The maximum absolute atomic E-state index is 12.9. The number of carbonyl (C=O) groups excluding carboxylic acids is 1. The predicted octanol–water partition coefficient (Wildman–Crippen LogP) is 3.47. The molecule has 2 aliphatic carbocycles. The number of aryl methyl sites for hydroxylation is 1. The van der Waals surface area contributed by atoms with Crippen LogP contribution in [0.3, 0.4) is 0 Å². The van der Waals surface area contributed by atoms with Crippen LogP contribution in [0.25, 0.3) is 10.2 Å². The lowest BCUT2D eigenvalue weighted by Gasteiger charge is -2.28. The number of carbonyl (C=O) groups is 1. The number of thiophene rings is 1. The molecule has 2 aliphatic rings. The van der Waals surface area contributed by atoms with Crippen LogP contribution in [0.5, 0.6) is 0 Å². The second-order valence-corrected chi connectivity index (χ2v) is 8.01. The molecule has 0 aromatic carbocycles. The lowest BCUT2D eigenvalue weighted by Crippen LogP contribution is -2.37. The van der Waals surface area contributed by atoms with E-state index in [1.807, 2.05) is 11.0 Å². The van der Waals surface area contributed by atoms with Gasteiger partial charge in [0, 0.05) is 16.6 Å². The van der Waals surface area contributed by atoms with Gasteiger partial charge < -0.3 is 4.90 Å². The first-order valence-corrected chi connectivity index (χ1v) is 9.98. The molecular weight excluding hydrogens is 334 g/mol. The van der Waals surface area contributed by atoms with Crippen LogP contribution in [-0.2, 0) is 17.8 Å². The van der Waals surface area contributed by atoms with Crippen molar-refractivity contribution in [1.82, 2.24) is 14.5 Å². The fourth-order valence-corrected chi connectivity index (χ4v) is 4.42. The Hall–Kier alpha value is -1.95. The molecule has 0 atom stereocenters. The molecule has 132 valence electrons. The van der Waals surface area contributed by atoms with E-state index in [-0.39, 0.29) is 18.0 Å². The first-order valence-electron chi connectivity index (χ1n) is 9.16. The van der Waals surface area contributed by atoms with E-state index >= 15 is 0 Å². The van der Waals surface area contributed by atoms with E-state index < -0.39 is 0 Å². The van der Waals surface area contributed by atoms with Crippen molar-refractivity contribution in [2.24, 2.45) is 0 Å². The van der Waals surface area contributed by atoms with Gasteiger partial charge in [-0.05, 0) is 51.0 Å². The summed E-state index contributed by atoms with van der Waals surface area (Å²) >= 11 is 1.55. The maximum Gasteiger partial charge on any atom is 0.262 e. The standard InChI is InChI=1S/C19H23N3O2S/c1-2-15-10-16-18(25-15)20-12-21(19(16)24)11-17(23)22(14-8-9-14)13-6-4-3-5-7-13/h6,10,12,14H,2-5,7-9,11H2,1H3. The Balaban J connectivity index is 1.61. The summed E-state index contributed by atoms with van der Waals surface area (Å²) in [5, 5.41) is 0.631. The molecule has 6 heteroatoms. The first-order chi connectivity index (χ1) is 12.2. The fourth-order valence-electron chi connectivity index (χ4n) is 3.49. The number of hydrogen-bond donors (Lipinski definition) is 0. The number of allylic oxidation sites excluding steroid dienone is 2. The van der Waals surface area contributed by atoms with Crippen molar-refractivity contribution >= 4 is 27.5 Å². The first kappa shape index (κ1) is 16.5. The van der Waals surface area contributed by atoms with Crippen LogP contribution in [0.15, 0.2) is 29.0 Å². The van der Waals surface area contributed by atoms with Gasteiger partial charge in [-0.1, -0.05) is 13.0 Å². The summed E-state index contributed by atoms with van der Waals surface area (Å²) in [6, 6.07) is 2.25. The van der Waals surface area contributed by atoms with Crippen LogP contribution in [0.4, 0.5) is 0 Å². The zero-order valence-electron chi connectivity index (χ0n) is 14.5. The molecule has 1 amide bonds. The highest BCUT2D eigenvalue weighted by molar-refractivity contribution is 7.18. The average Bonchev–Trinajstić information content (AvgIpc) is 3.36. The maximum atomic E-state index is 12.9. The van der Waals surface area contributed by atoms with E-state index in [9.17, 15) is 9.59 Å². The minimum absolute atomic E-state index is 0.0184. The molecule has 25 heavy (non-hydrogen) atoms. The highest BCUT2D eigenvalue weighted by Gasteiger charge is 2.35. The molecule has 0 bridgehead atoms. The van der Waals surface area contributed by atoms with Crippen LogP contribution in [0, 0.1) is 0 Å². The van der Waals surface area contributed by atoms with Crippen molar-refractivity contribution in [1.29, 1.82) is 0 Å². The molecular formula is C19H23N3O2S. The van der Waals surface area contributed by atoms with E-state index in [1.54, 1.807) is 11.3 Å². The number of hydrogen-bond acceptors (Lipinski definition) is 4. The van der Waals surface area contributed by atoms with E-state index in [1.165, 1.54) is 17.3 Å². The molecule has 2 aromatic heterocycles. The highest BCUT2D eigenvalue weighted by atomic mass is 32.1. The summed E-state index contributed by atoms with van der Waals surface area (Å²) < 4.78 is 1.47. The van der Waals surface area contributed by atoms with Gasteiger partial charge in [-0.25, -0.2) is 4.98 Å². The van der Waals surface area contributed by atoms with Crippen LogP contribution in [0.2, 0.25) is 0 Å². The van der Waals surface area contributed by atoms with Crippen molar-refractivity contribution < 1.29 is 4.79 Å². The zero-order valence-corrected chi connectivity index (χ0v) is 15.3. The van der Waals surface area contributed by atoms with Crippen molar-refractivity contribution in [3.05, 3.63) is 39.4 Å². The Morgan fingerprint density at radius 2 is 2.24 bits per heavy atom. The molecule has 0 N–H and O–H groups in total. The third kappa shape index (κ3) is 3.27. The van der Waals surface area contributed by atoms with Crippen LogP contribution >= 0.6 is 11.3 Å². The normalized spacial score (nSPS) is 17.6. The molecule has 2 heterocycles. The van der Waals surface area contributed by atoms with Crippen molar-refractivity contribution in [2.45, 2.75) is 64.5 Å². The number of fused-ring (bicyclic) bond motifs is 1. The Morgan fingerprint density at radius 1 is 1.40 bits per heavy atom. The predicted molar refractivity (Wildman–Crippen MR) is 99.7 cm³/mol. The van der Waals surface area contributed by atoms with Gasteiger partial charge in [0.25, 0.3) is 5.56 Å². The smallest absolute Gasteiger partial charge is 0.262 e. The van der Waals surface area contributed by atoms with Crippen molar-refractivity contribution in [3.8, 4) is 0 Å². The molecule has 0 spiro atoms. The minimum Gasteiger partial charge on any atom is -0.312 e. The monoisotopic (exact) mass is 357 g/mol. The summed E-state index contributed by atoms with van der Waals surface area (Å²) in [4.78, 5) is 33.9. The number of amides is 1. The topological polar surface area (TPSA) is 55.2 Å². The Labute approximate surface area is 151 Å². The summed E-state index contributed by atoms with van der Waals surface area (Å²) in [5.74, 6) is 0.0184. The van der Waals surface area contributed by atoms with Gasteiger partial charge in [-0.15, -0.1) is 11.3 Å². The lowest BCUT2D eigenvalue weighted by atomic mass is 10.0. The van der Waals surface area contributed by atoms with Gasteiger partial charge in [0.2, 0.25) is 5.91 Å². The number of rotatable bonds is 5. The zero-order chi connectivity index (χ0) is 17.4. The summed E-state index contributed by atoms with van der Waals surface area (Å²) in [7, 11) is 0. The van der Waals surface area contributed by atoms with Gasteiger partial charge in [-0.2, -0.15) is 0 Å². The van der Waals surface area contributed by atoms with Gasteiger partial charge >= 0.3 is 0 Å². The molecule has 1 saturated carbocycles. The second-order valence-electron chi connectivity index (χ2n) is 6.90. The van der Waals surface area contributed by atoms with Gasteiger partial charge in [-0.3, -0.25) is 14.2 Å². The quantitative estimate of drug-likeness (QED) is 0.823. The van der Waals surface area contributed by atoms with E-state index in [0.29, 0.717) is 11.4 Å². The second kappa shape index (κ2) is 6.75. The Kier molecular flexibility index (Phi) is 4.46. The lowest BCUT2D eigenvalue weighted by molar-refractivity contribution is -0.130. The van der Waals surface area contributed by atoms with Crippen LogP contribution in [-0.4, -0.2) is 26.4 Å². The summed E-state index contributed by atoms with van der Waals surface area (Å²) in [6.45, 7) is 2.14. The van der Waals surface area contributed by atoms with Crippen molar-refractivity contribution in [3.63, 3.8) is 0 Å². The third-order valence-electron chi connectivity index (χ3n) is 4.98. The molecule has 1 fully saturated rings. The number of aromatic nitrogens is 2. The fraction of sp³-hybridized carbons (Fsp3) is 0.526. The largest absolute Gasteiger partial charge is 0.312 e. The minimum atomic E-state index is -0.109. The molecule has 5 nitrogen and oxygen atoms in total. The third-order valence-corrected chi connectivity index (χ3v) is 6.17. The summed E-state index contributed by atoms with van der Waals surface area (Å²) in [6.07, 6.45) is 11.1. The van der Waals surface area contributed by atoms with Crippen LogP contribution < -0.4 is 5.56 Å². The van der Waals surface area contributed by atoms with Gasteiger partial charge in [0.05, 0.1) is 11.7 Å². The Morgan fingerprint density at radius 3 is 2.92 bits per heavy atom. The van der Waals surface area contributed by atoms with Gasteiger partial charge in [0.15, 0.2) is 0 Å². The average molecular weight is 357 g/mol. The van der Waals surface area contributed by atoms with Crippen molar-refractivity contribution in [2.75, 3.05) is 0 Å². The SMILES string of the molecule is CCc1cc2c(=O)n(CC(=O)N(C3=CCCCC3)C3CC3)cnc2s1. The molecule has 0 unspecified atom stereocenters. The van der Waals surface area contributed by atoms with E-state index in [4.69, 9.17) is 0 Å². The van der Waals surface area contributed by atoms with Crippen LogP contribution in [0.1, 0.15) is 50.3 Å². The highest BCUT2D eigenvalue weighted by Crippen LogP contribution is 2.34. The number of nitrogens with zero attached hydrogens (tertiary/aromatic N) is 3. The van der Waals surface area contributed by atoms with E-state index in [0.717, 1.165) is 53.9 Å². The Bertz CT molecular complexity index is 892. The van der Waals surface area contributed by atoms with Gasteiger partial charge in [0.1, 0.15) is 11.4 Å².